The zero-order chi connectivity index (χ0) is 22.0. The number of thioether (sulfide) groups is 1. The second-order valence-corrected chi connectivity index (χ2v) is 9.87. The Bertz CT molecular complexity index is 1220. The van der Waals surface area contributed by atoms with Crippen LogP contribution in [0.5, 0.6) is 0 Å². The summed E-state index contributed by atoms with van der Waals surface area (Å²) in [7, 11) is 0. The Morgan fingerprint density at radius 1 is 1.03 bits per heavy atom. The minimum absolute atomic E-state index is 0.0998. The molecule has 0 unspecified atom stereocenters. The summed E-state index contributed by atoms with van der Waals surface area (Å²) < 4.78 is 1.85. The van der Waals surface area contributed by atoms with Crippen LogP contribution in [0, 0.1) is 11.3 Å². The molecule has 1 heterocycles. The lowest BCUT2D eigenvalue weighted by Gasteiger charge is -2.42. The van der Waals surface area contributed by atoms with E-state index in [0.29, 0.717) is 11.7 Å². The number of benzene rings is 2. The van der Waals surface area contributed by atoms with E-state index in [9.17, 15) is 10.1 Å². The maximum absolute atomic E-state index is 14.1. The average Bonchev–Trinajstić information content (AvgIpc) is 2.83. The zero-order valence-electron chi connectivity index (χ0n) is 18.2. The summed E-state index contributed by atoms with van der Waals surface area (Å²) in [5.74, 6) is 0.281. The molecule has 1 fully saturated rings. The van der Waals surface area contributed by atoms with Gasteiger partial charge < -0.3 is 0 Å². The Kier molecular flexibility index (Phi) is 5.89. The normalized spacial score (nSPS) is 16.2. The molecule has 2 aromatic carbocycles. The monoisotopic (exact) mass is 441 g/mol. The summed E-state index contributed by atoms with van der Waals surface area (Å²) in [4.78, 5) is 19.2. The first kappa shape index (κ1) is 21.0. The highest BCUT2D eigenvalue weighted by Crippen LogP contribution is 2.48. The zero-order valence-corrected chi connectivity index (χ0v) is 19.0. The highest BCUT2D eigenvalue weighted by atomic mass is 32.2. The first-order valence-corrected chi connectivity index (χ1v) is 12.5. The lowest BCUT2D eigenvalue weighted by atomic mass is 9.62. The molecular formula is C27H27N3OS. The molecule has 5 rings (SSSR count). The number of hydrogen-bond acceptors (Lipinski definition) is 4. The Hall–Kier alpha value is -2.84. The predicted molar refractivity (Wildman–Crippen MR) is 129 cm³/mol. The van der Waals surface area contributed by atoms with Crippen LogP contribution in [0.1, 0.15) is 48.8 Å². The van der Waals surface area contributed by atoms with E-state index < -0.39 is 0 Å². The van der Waals surface area contributed by atoms with Crippen molar-refractivity contribution < 1.29 is 0 Å². The topological polar surface area (TPSA) is 58.7 Å². The first-order valence-electron chi connectivity index (χ1n) is 11.5. The molecule has 2 aliphatic carbocycles. The lowest BCUT2D eigenvalue weighted by Crippen LogP contribution is -2.43. The summed E-state index contributed by atoms with van der Waals surface area (Å²) in [6.45, 7) is 0.578. The van der Waals surface area contributed by atoms with Crippen molar-refractivity contribution in [3.05, 3.63) is 81.6 Å². The molecule has 3 aromatic rings. The molecule has 1 spiro atoms. The van der Waals surface area contributed by atoms with Crippen LogP contribution in [0.2, 0.25) is 0 Å². The Balaban J connectivity index is 1.67. The van der Waals surface area contributed by atoms with Gasteiger partial charge in [0.05, 0.1) is 23.1 Å². The molecule has 0 N–H and O–H groups in total. The van der Waals surface area contributed by atoms with Gasteiger partial charge in [0.15, 0.2) is 5.16 Å². The van der Waals surface area contributed by atoms with E-state index in [1.807, 2.05) is 28.8 Å². The second-order valence-electron chi connectivity index (χ2n) is 8.93. The van der Waals surface area contributed by atoms with Crippen LogP contribution in [0.4, 0.5) is 0 Å². The number of aromatic nitrogens is 2. The van der Waals surface area contributed by atoms with Crippen LogP contribution >= 0.6 is 11.8 Å². The molecule has 0 aliphatic heterocycles. The molecule has 0 saturated heterocycles. The van der Waals surface area contributed by atoms with Crippen molar-refractivity contribution in [2.75, 3.05) is 5.75 Å². The summed E-state index contributed by atoms with van der Waals surface area (Å²) in [5.41, 5.74) is 5.35. The molecule has 0 radical (unpaired) electrons. The largest absolute Gasteiger partial charge is 0.287 e. The highest BCUT2D eigenvalue weighted by Gasteiger charge is 2.43. The molecule has 4 nitrogen and oxygen atoms in total. The van der Waals surface area contributed by atoms with Crippen molar-refractivity contribution >= 4 is 11.8 Å². The van der Waals surface area contributed by atoms with Gasteiger partial charge in [-0.25, -0.2) is 4.98 Å². The van der Waals surface area contributed by atoms with Gasteiger partial charge >= 0.3 is 0 Å². The number of hydrogen-bond donors (Lipinski definition) is 0. The van der Waals surface area contributed by atoms with Crippen molar-refractivity contribution in [2.45, 2.75) is 62.1 Å². The van der Waals surface area contributed by atoms with Crippen molar-refractivity contribution in [3.63, 3.8) is 0 Å². The van der Waals surface area contributed by atoms with Gasteiger partial charge in [-0.05, 0) is 36.8 Å². The van der Waals surface area contributed by atoms with E-state index >= 15 is 0 Å². The number of rotatable bonds is 5. The molecule has 0 amide bonds. The molecule has 1 saturated carbocycles. The first-order chi connectivity index (χ1) is 15.7. The molecule has 1 aromatic heterocycles. The van der Waals surface area contributed by atoms with Crippen molar-refractivity contribution in [2.24, 2.45) is 0 Å². The fraction of sp³-hybridized carbons (Fsp3) is 0.370. The molecule has 0 atom stereocenters. The number of nitriles is 1. The quantitative estimate of drug-likeness (QED) is 0.386. The molecule has 2 aliphatic rings. The Labute approximate surface area is 193 Å². The van der Waals surface area contributed by atoms with Crippen LogP contribution in [0.3, 0.4) is 0 Å². The van der Waals surface area contributed by atoms with Gasteiger partial charge in [-0.1, -0.05) is 85.6 Å². The summed E-state index contributed by atoms with van der Waals surface area (Å²) in [5, 5.41) is 9.87. The number of nitrogens with zero attached hydrogens (tertiary/aromatic N) is 3. The maximum Gasteiger partial charge on any atom is 0.258 e. The van der Waals surface area contributed by atoms with E-state index in [4.69, 9.17) is 4.98 Å². The van der Waals surface area contributed by atoms with E-state index in [2.05, 4.69) is 36.4 Å². The minimum atomic E-state index is -0.112. The fourth-order valence-corrected chi connectivity index (χ4v) is 6.19. The SMILES string of the molecule is N#CCSc1nc2c(c(=O)n1CCc1ccccc1)C1(CCCCC1)Cc1ccccc1-2. The van der Waals surface area contributed by atoms with Gasteiger partial charge in [-0.2, -0.15) is 5.26 Å². The van der Waals surface area contributed by atoms with Gasteiger partial charge in [-0.3, -0.25) is 9.36 Å². The van der Waals surface area contributed by atoms with Gasteiger partial charge in [-0.15, -0.1) is 0 Å². The van der Waals surface area contributed by atoms with Crippen molar-refractivity contribution in [3.8, 4) is 17.3 Å². The van der Waals surface area contributed by atoms with Gasteiger partial charge in [0.2, 0.25) is 0 Å². The van der Waals surface area contributed by atoms with Gasteiger partial charge in [0, 0.05) is 17.5 Å². The maximum atomic E-state index is 14.1. The standard InChI is InChI=1S/C27H27N3OS/c28-16-18-32-26-29-24-22-12-6-5-11-21(22)19-27(14-7-2-8-15-27)23(24)25(31)30(26)17-13-20-9-3-1-4-10-20/h1,3-6,9-12H,2,7-8,13-15,17-19H2. The molecule has 32 heavy (non-hydrogen) atoms. The molecule has 0 bridgehead atoms. The van der Waals surface area contributed by atoms with Crippen LogP contribution in [-0.4, -0.2) is 15.3 Å². The number of aryl methyl sites for hydroxylation is 1. The average molecular weight is 442 g/mol. The van der Waals surface area contributed by atoms with Gasteiger partial charge in [0.25, 0.3) is 5.56 Å². The highest BCUT2D eigenvalue weighted by molar-refractivity contribution is 7.99. The van der Waals surface area contributed by atoms with E-state index in [1.165, 1.54) is 29.3 Å². The summed E-state index contributed by atoms with van der Waals surface area (Å²) in [6, 6.07) is 20.9. The third-order valence-electron chi connectivity index (χ3n) is 7.01. The van der Waals surface area contributed by atoms with Gasteiger partial charge in [0.1, 0.15) is 0 Å². The van der Waals surface area contributed by atoms with Crippen LogP contribution in [-0.2, 0) is 24.8 Å². The third kappa shape index (κ3) is 3.78. The Morgan fingerprint density at radius 2 is 1.78 bits per heavy atom. The molecule has 162 valence electrons. The molecule has 5 heteroatoms. The van der Waals surface area contributed by atoms with E-state index in [-0.39, 0.29) is 16.7 Å². The second kappa shape index (κ2) is 8.96. The van der Waals surface area contributed by atoms with E-state index in [0.717, 1.165) is 55.3 Å². The smallest absolute Gasteiger partial charge is 0.258 e. The summed E-state index contributed by atoms with van der Waals surface area (Å²) >= 11 is 1.37. The van der Waals surface area contributed by atoms with Crippen molar-refractivity contribution in [1.29, 1.82) is 5.26 Å². The number of fused-ring (bicyclic) bond motifs is 4. The Morgan fingerprint density at radius 3 is 2.56 bits per heavy atom. The minimum Gasteiger partial charge on any atom is -0.287 e. The third-order valence-corrected chi connectivity index (χ3v) is 7.85. The fourth-order valence-electron chi connectivity index (χ4n) is 5.51. The van der Waals surface area contributed by atoms with Crippen LogP contribution in [0.25, 0.3) is 11.3 Å². The molecular weight excluding hydrogens is 414 g/mol. The summed E-state index contributed by atoms with van der Waals surface area (Å²) in [6.07, 6.45) is 7.36. The van der Waals surface area contributed by atoms with Crippen LogP contribution in [0.15, 0.2) is 64.5 Å². The van der Waals surface area contributed by atoms with E-state index in [1.54, 1.807) is 0 Å². The van der Waals surface area contributed by atoms with Crippen molar-refractivity contribution in [1.82, 2.24) is 9.55 Å². The predicted octanol–water partition coefficient (Wildman–Crippen LogP) is 5.53. The lowest BCUT2D eigenvalue weighted by molar-refractivity contribution is 0.282. The van der Waals surface area contributed by atoms with Crippen LogP contribution < -0.4 is 5.56 Å².